The second kappa shape index (κ2) is 6.12. The molecule has 0 aliphatic carbocycles. The highest BCUT2D eigenvalue weighted by atomic mass is 32.1. The first kappa shape index (κ1) is 14.0. The van der Waals surface area contributed by atoms with Crippen LogP contribution in [0.1, 0.15) is 42.8 Å². The van der Waals surface area contributed by atoms with E-state index in [1.165, 1.54) is 11.5 Å². The molecule has 19 heavy (non-hydrogen) atoms. The number of hydrogen-bond donors (Lipinski definition) is 2. The first-order valence-electron chi connectivity index (χ1n) is 6.38. The summed E-state index contributed by atoms with van der Waals surface area (Å²) in [7, 11) is 0. The van der Waals surface area contributed by atoms with Crippen LogP contribution in [0.3, 0.4) is 0 Å². The van der Waals surface area contributed by atoms with E-state index in [0.717, 1.165) is 22.1 Å². The third kappa shape index (κ3) is 3.75. The molecule has 102 valence electrons. The molecule has 1 aromatic heterocycles. The van der Waals surface area contributed by atoms with Crippen LogP contribution >= 0.6 is 11.5 Å². The zero-order valence-corrected chi connectivity index (χ0v) is 12.2. The number of aromatic nitrogens is 2. The maximum Gasteiger partial charge on any atom is 0.202 e. The third-order valence-corrected chi connectivity index (χ3v) is 3.52. The van der Waals surface area contributed by atoms with Gasteiger partial charge in [-0.05, 0) is 12.5 Å². The highest BCUT2D eigenvalue weighted by Gasteiger charge is 2.10. The number of aliphatic hydroxyl groups excluding tert-OH is 1. The lowest BCUT2D eigenvalue weighted by Gasteiger charge is -2.11. The van der Waals surface area contributed by atoms with Crippen LogP contribution in [0.25, 0.3) is 0 Å². The van der Waals surface area contributed by atoms with Gasteiger partial charge in [0.05, 0.1) is 6.10 Å². The number of nitrogens with one attached hydrogen (secondary N) is 1. The average molecular weight is 277 g/mol. The van der Waals surface area contributed by atoms with Gasteiger partial charge >= 0.3 is 0 Å². The van der Waals surface area contributed by atoms with Gasteiger partial charge in [0.25, 0.3) is 0 Å². The van der Waals surface area contributed by atoms with Crippen LogP contribution < -0.4 is 5.32 Å². The highest BCUT2D eigenvalue weighted by Crippen LogP contribution is 2.19. The standard InChI is InChI=1S/C14H19N3OS/c1-9(2)13-16-14(19-17-13)15-8-12(18)11-6-4-5-10(3)7-11/h4-7,9,12,18H,8H2,1-3H3,(H,15,16,17). The van der Waals surface area contributed by atoms with Crippen molar-refractivity contribution in [1.82, 2.24) is 9.36 Å². The Hall–Kier alpha value is -1.46. The number of aliphatic hydroxyl groups is 1. The molecule has 1 aromatic carbocycles. The molecule has 2 aromatic rings. The summed E-state index contributed by atoms with van der Waals surface area (Å²) in [5.41, 5.74) is 2.07. The van der Waals surface area contributed by atoms with E-state index in [-0.39, 0.29) is 0 Å². The molecule has 0 saturated carbocycles. The maximum atomic E-state index is 10.1. The Morgan fingerprint density at radius 2 is 2.16 bits per heavy atom. The quantitative estimate of drug-likeness (QED) is 0.881. The molecule has 1 atom stereocenters. The Morgan fingerprint density at radius 3 is 2.79 bits per heavy atom. The number of nitrogens with zero attached hydrogens (tertiary/aromatic N) is 2. The van der Waals surface area contributed by atoms with Crippen molar-refractivity contribution < 1.29 is 5.11 Å². The first-order chi connectivity index (χ1) is 9.06. The predicted molar refractivity (Wildman–Crippen MR) is 78.6 cm³/mol. The van der Waals surface area contributed by atoms with Gasteiger partial charge < -0.3 is 10.4 Å². The van der Waals surface area contributed by atoms with E-state index in [9.17, 15) is 5.11 Å². The van der Waals surface area contributed by atoms with Crippen LogP contribution in [-0.4, -0.2) is 21.0 Å². The minimum atomic E-state index is -0.536. The number of anilines is 1. The fourth-order valence-corrected chi connectivity index (χ4v) is 2.43. The number of hydrogen-bond acceptors (Lipinski definition) is 5. The van der Waals surface area contributed by atoms with Gasteiger partial charge in [-0.2, -0.15) is 4.37 Å². The molecule has 4 nitrogen and oxygen atoms in total. The number of benzene rings is 1. The lowest BCUT2D eigenvalue weighted by molar-refractivity contribution is 0.191. The van der Waals surface area contributed by atoms with Gasteiger partial charge in [0, 0.05) is 24.0 Å². The van der Waals surface area contributed by atoms with Crippen LogP contribution in [0.2, 0.25) is 0 Å². The van der Waals surface area contributed by atoms with E-state index in [1.807, 2.05) is 31.2 Å². The molecule has 1 unspecified atom stereocenters. The zero-order valence-electron chi connectivity index (χ0n) is 11.4. The monoisotopic (exact) mass is 277 g/mol. The minimum Gasteiger partial charge on any atom is -0.387 e. The van der Waals surface area contributed by atoms with Gasteiger partial charge in [-0.15, -0.1) is 0 Å². The molecule has 0 spiro atoms. The van der Waals surface area contributed by atoms with Gasteiger partial charge in [0.1, 0.15) is 5.82 Å². The molecule has 5 heteroatoms. The molecule has 0 aliphatic heterocycles. The number of aryl methyl sites for hydroxylation is 1. The van der Waals surface area contributed by atoms with E-state index < -0.39 is 6.10 Å². The van der Waals surface area contributed by atoms with E-state index >= 15 is 0 Å². The van der Waals surface area contributed by atoms with E-state index in [0.29, 0.717) is 12.5 Å². The van der Waals surface area contributed by atoms with Crippen LogP contribution in [-0.2, 0) is 0 Å². The Kier molecular flexibility index (Phi) is 4.50. The number of rotatable bonds is 5. The Balaban J connectivity index is 1.94. The summed E-state index contributed by atoms with van der Waals surface area (Å²) in [6, 6.07) is 7.89. The average Bonchev–Trinajstić information content (AvgIpc) is 2.85. The summed E-state index contributed by atoms with van der Waals surface area (Å²) < 4.78 is 4.27. The van der Waals surface area contributed by atoms with Crippen molar-refractivity contribution >= 4 is 16.7 Å². The third-order valence-electron chi connectivity index (χ3n) is 2.83. The van der Waals surface area contributed by atoms with Gasteiger partial charge in [-0.3, -0.25) is 0 Å². The first-order valence-corrected chi connectivity index (χ1v) is 7.15. The molecule has 0 saturated heterocycles. The summed E-state index contributed by atoms with van der Waals surface area (Å²) in [6.07, 6.45) is -0.536. The van der Waals surface area contributed by atoms with E-state index in [1.54, 1.807) is 0 Å². The second-order valence-electron chi connectivity index (χ2n) is 4.92. The van der Waals surface area contributed by atoms with Crippen molar-refractivity contribution in [2.45, 2.75) is 32.8 Å². The molecule has 0 amide bonds. The van der Waals surface area contributed by atoms with Gasteiger partial charge in [0.15, 0.2) is 0 Å². The van der Waals surface area contributed by atoms with Crippen LogP contribution in [0.15, 0.2) is 24.3 Å². The molecular weight excluding hydrogens is 258 g/mol. The summed E-state index contributed by atoms with van der Waals surface area (Å²) in [4.78, 5) is 4.38. The summed E-state index contributed by atoms with van der Waals surface area (Å²) in [5, 5.41) is 14.0. The Morgan fingerprint density at radius 1 is 1.37 bits per heavy atom. The second-order valence-corrected chi connectivity index (χ2v) is 5.68. The van der Waals surface area contributed by atoms with Crippen molar-refractivity contribution in [3.8, 4) is 0 Å². The maximum absolute atomic E-state index is 10.1. The van der Waals surface area contributed by atoms with Crippen molar-refractivity contribution in [2.75, 3.05) is 11.9 Å². The Labute approximate surface area is 117 Å². The van der Waals surface area contributed by atoms with Gasteiger partial charge in [0.2, 0.25) is 5.13 Å². The van der Waals surface area contributed by atoms with Crippen LogP contribution in [0, 0.1) is 6.92 Å². The lowest BCUT2D eigenvalue weighted by atomic mass is 10.1. The molecule has 0 aliphatic rings. The summed E-state index contributed by atoms with van der Waals surface area (Å²) >= 11 is 1.33. The molecule has 0 radical (unpaired) electrons. The SMILES string of the molecule is Cc1cccc(C(O)CNc2nc(C(C)C)ns2)c1. The topological polar surface area (TPSA) is 58.0 Å². The molecule has 2 rings (SSSR count). The van der Waals surface area contributed by atoms with Crippen molar-refractivity contribution in [3.63, 3.8) is 0 Å². The van der Waals surface area contributed by atoms with Crippen molar-refractivity contribution in [3.05, 3.63) is 41.2 Å². The zero-order chi connectivity index (χ0) is 13.8. The fourth-order valence-electron chi connectivity index (χ4n) is 1.72. The summed E-state index contributed by atoms with van der Waals surface area (Å²) in [5.74, 6) is 1.17. The van der Waals surface area contributed by atoms with Crippen LogP contribution in [0.5, 0.6) is 0 Å². The largest absolute Gasteiger partial charge is 0.387 e. The molecule has 1 heterocycles. The molecule has 2 N–H and O–H groups in total. The predicted octanol–water partition coefficient (Wildman–Crippen LogP) is 3.12. The lowest BCUT2D eigenvalue weighted by Crippen LogP contribution is -2.12. The summed E-state index contributed by atoms with van der Waals surface area (Å²) in [6.45, 7) is 6.58. The molecular formula is C14H19N3OS. The Bertz CT molecular complexity index is 539. The van der Waals surface area contributed by atoms with Crippen LogP contribution in [0.4, 0.5) is 5.13 Å². The smallest absolute Gasteiger partial charge is 0.202 e. The molecule has 0 fully saturated rings. The minimum absolute atomic E-state index is 0.327. The van der Waals surface area contributed by atoms with E-state index in [4.69, 9.17) is 0 Å². The highest BCUT2D eigenvalue weighted by molar-refractivity contribution is 7.09. The normalized spacial score (nSPS) is 12.7. The van der Waals surface area contributed by atoms with Gasteiger partial charge in [-0.1, -0.05) is 43.7 Å². The van der Waals surface area contributed by atoms with Crippen molar-refractivity contribution in [2.24, 2.45) is 0 Å². The molecule has 0 bridgehead atoms. The van der Waals surface area contributed by atoms with Crippen molar-refractivity contribution in [1.29, 1.82) is 0 Å². The van der Waals surface area contributed by atoms with E-state index in [2.05, 4.69) is 28.5 Å². The van der Waals surface area contributed by atoms with Gasteiger partial charge in [-0.25, -0.2) is 4.98 Å². The fraction of sp³-hybridized carbons (Fsp3) is 0.429.